The van der Waals surface area contributed by atoms with Crippen LogP contribution in [0.3, 0.4) is 0 Å². The van der Waals surface area contributed by atoms with Gasteiger partial charge in [0, 0.05) is 16.6 Å². The van der Waals surface area contributed by atoms with Gasteiger partial charge in [-0.15, -0.1) is 0 Å². The first-order valence-corrected chi connectivity index (χ1v) is 6.79. The fourth-order valence-corrected chi connectivity index (χ4v) is 2.67. The van der Waals surface area contributed by atoms with Crippen molar-refractivity contribution < 1.29 is 0 Å². The number of anilines is 2. The summed E-state index contributed by atoms with van der Waals surface area (Å²) in [7, 11) is 4.32. The lowest BCUT2D eigenvalue weighted by atomic mass is 9.75. The number of halogens is 1. The number of nitrogens with zero attached hydrogens (tertiary/aromatic N) is 1. The highest BCUT2D eigenvalue weighted by atomic mass is 79.9. The van der Waals surface area contributed by atoms with Gasteiger partial charge in [-0.1, -0.05) is 15.9 Å². The molecule has 1 aliphatic rings. The molecule has 3 nitrogen and oxygen atoms in total. The second-order valence-electron chi connectivity index (χ2n) is 5.06. The Morgan fingerprint density at radius 3 is 2.65 bits per heavy atom. The number of hydrogen-bond donors (Lipinski definition) is 2. The van der Waals surface area contributed by atoms with Crippen molar-refractivity contribution in [3.63, 3.8) is 0 Å². The van der Waals surface area contributed by atoms with Crippen molar-refractivity contribution in [2.24, 2.45) is 0 Å². The van der Waals surface area contributed by atoms with Gasteiger partial charge in [0.1, 0.15) is 0 Å². The van der Waals surface area contributed by atoms with Crippen molar-refractivity contribution in [2.45, 2.75) is 24.8 Å². The van der Waals surface area contributed by atoms with E-state index >= 15 is 0 Å². The minimum atomic E-state index is 0.314. The summed E-state index contributed by atoms with van der Waals surface area (Å²) < 4.78 is 1.06. The normalized spacial score (nSPS) is 17.9. The number of nitrogens with two attached hydrogens (primary N) is 1. The molecule has 0 unspecified atom stereocenters. The monoisotopic (exact) mass is 297 g/mol. The molecule has 1 aliphatic carbocycles. The zero-order chi connectivity index (χ0) is 12.5. The number of likely N-dealkylation sites (N-methyl/N-ethyl adjacent to an activating group) is 1. The molecule has 94 valence electrons. The zero-order valence-electron chi connectivity index (χ0n) is 10.5. The van der Waals surface area contributed by atoms with E-state index in [1.54, 1.807) is 0 Å². The van der Waals surface area contributed by atoms with Crippen molar-refractivity contribution in [1.29, 1.82) is 0 Å². The van der Waals surface area contributed by atoms with E-state index < -0.39 is 0 Å². The van der Waals surface area contributed by atoms with Gasteiger partial charge in [0.15, 0.2) is 0 Å². The van der Waals surface area contributed by atoms with Crippen LogP contribution in [-0.2, 0) is 0 Å². The smallest absolute Gasteiger partial charge is 0.0585 e. The fraction of sp³-hybridized carbons (Fsp3) is 0.538. The molecular formula is C13H20BrN3. The van der Waals surface area contributed by atoms with Gasteiger partial charge in [-0.2, -0.15) is 0 Å². The third-order valence-corrected chi connectivity index (χ3v) is 4.35. The van der Waals surface area contributed by atoms with E-state index in [-0.39, 0.29) is 0 Å². The SMILES string of the molecule is CN(C)C1(CNc2cc(Br)ccc2N)CCC1. The molecule has 0 saturated heterocycles. The summed E-state index contributed by atoms with van der Waals surface area (Å²) in [6.07, 6.45) is 3.86. The second kappa shape index (κ2) is 4.86. The first-order valence-electron chi connectivity index (χ1n) is 6.00. The Labute approximate surface area is 111 Å². The minimum absolute atomic E-state index is 0.314. The van der Waals surface area contributed by atoms with Crippen LogP contribution < -0.4 is 11.1 Å². The highest BCUT2D eigenvalue weighted by Gasteiger charge is 2.38. The summed E-state index contributed by atoms with van der Waals surface area (Å²) in [6.45, 7) is 0.959. The number of rotatable bonds is 4. The van der Waals surface area contributed by atoms with Crippen LogP contribution >= 0.6 is 15.9 Å². The molecule has 4 heteroatoms. The molecule has 0 heterocycles. The third-order valence-electron chi connectivity index (χ3n) is 3.86. The van der Waals surface area contributed by atoms with Crippen LogP contribution in [0.1, 0.15) is 19.3 Å². The molecule has 1 fully saturated rings. The lowest BCUT2D eigenvalue weighted by Crippen LogP contribution is -2.54. The van der Waals surface area contributed by atoms with Gasteiger partial charge in [0.25, 0.3) is 0 Å². The lowest BCUT2D eigenvalue weighted by molar-refractivity contribution is 0.0739. The van der Waals surface area contributed by atoms with Gasteiger partial charge in [0.05, 0.1) is 11.4 Å². The maximum absolute atomic E-state index is 5.96. The summed E-state index contributed by atoms with van der Waals surface area (Å²) in [5.41, 5.74) is 8.10. The summed E-state index contributed by atoms with van der Waals surface area (Å²) in [5.74, 6) is 0. The van der Waals surface area contributed by atoms with Crippen molar-refractivity contribution in [3.05, 3.63) is 22.7 Å². The van der Waals surface area contributed by atoms with Gasteiger partial charge < -0.3 is 16.0 Å². The highest BCUT2D eigenvalue weighted by molar-refractivity contribution is 9.10. The Bertz CT molecular complexity index is 400. The van der Waals surface area contributed by atoms with Gasteiger partial charge in [0.2, 0.25) is 0 Å². The summed E-state index contributed by atoms with van der Waals surface area (Å²) >= 11 is 3.47. The van der Waals surface area contributed by atoms with E-state index in [0.29, 0.717) is 5.54 Å². The first kappa shape index (κ1) is 12.7. The summed E-state index contributed by atoms with van der Waals surface area (Å²) in [4.78, 5) is 2.33. The van der Waals surface area contributed by atoms with Crippen LogP contribution in [0.15, 0.2) is 22.7 Å². The Balaban J connectivity index is 2.04. The number of benzene rings is 1. The number of nitrogen functional groups attached to an aromatic ring is 1. The molecule has 17 heavy (non-hydrogen) atoms. The van der Waals surface area contributed by atoms with Crippen molar-refractivity contribution >= 4 is 27.3 Å². The molecular weight excluding hydrogens is 278 g/mol. The van der Waals surface area contributed by atoms with Gasteiger partial charge in [-0.25, -0.2) is 0 Å². The largest absolute Gasteiger partial charge is 0.397 e. The van der Waals surface area contributed by atoms with Gasteiger partial charge in [-0.05, 0) is 51.6 Å². The fourth-order valence-electron chi connectivity index (χ4n) is 2.31. The van der Waals surface area contributed by atoms with Crippen LogP contribution in [0.25, 0.3) is 0 Å². The van der Waals surface area contributed by atoms with Crippen molar-refractivity contribution in [3.8, 4) is 0 Å². The van der Waals surface area contributed by atoms with Crippen LogP contribution in [0.4, 0.5) is 11.4 Å². The van der Waals surface area contributed by atoms with Crippen molar-refractivity contribution in [2.75, 3.05) is 31.7 Å². The molecule has 0 radical (unpaired) electrons. The summed E-state index contributed by atoms with van der Waals surface area (Å²) in [5, 5.41) is 3.48. The van der Waals surface area contributed by atoms with E-state index in [1.807, 2.05) is 18.2 Å². The van der Waals surface area contributed by atoms with E-state index in [0.717, 1.165) is 22.4 Å². The zero-order valence-corrected chi connectivity index (χ0v) is 12.0. The van der Waals surface area contributed by atoms with Crippen LogP contribution in [0.5, 0.6) is 0 Å². The maximum atomic E-state index is 5.96. The summed E-state index contributed by atoms with van der Waals surface area (Å²) in [6, 6.07) is 5.93. The Hall–Kier alpha value is -0.740. The van der Waals surface area contributed by atoms with Crippen LogP contribution in [-0.4, -0.2) is 31.1 Å². The molecule has 0 atom stereocenters. The number of hydrogen-bond acceptors (Lipinski definition) is 3. The molecule has 1 aromatic carbocycles. The topological polar surface area (TPSA) is 41.3 Å². The maximum Gasteiger partial charge on any atom is 0.0585 e. The molecule has 0 aromatic heterocycles. The molecule has 0 amide bonds. The van der Waals surface area contributed by atoms with Crippen LogP contribution in [0.2, 0.25) is 0 Å². The quantitative estimate of drug-likeness (QED) is 0.840. The predicted octanol–water partition coefficient (Wildman–Crippen LogP) is 2.93. The molecule has 1 aromatic rings. The van der Waals surface area contributed by atoms with Gasteiger partial charge >= 0.3 is 0 Å². The molecule has 0 aliphatic heterocycles. The lowest BCUT2D eigenvalue weighted by Gasteiger charge is -2.47. The van der Waals surface area contributed by atoms with Gasteiger partial charge in [-0.3, -0.25) is 0 Å². The molecule has 3 N–H and O–H groups in total. The third kappa shape index (κ3) is 2.58. The average Bonchev–Trinajstić information content (AvgIpc) is 2.21. The Morgan fingerprint density at radius 1 is 1.41 bits per heavy atom. The van der Waals surface area contributed by atoms with Crippen molar-refractivity contribution in [1.82, 2.24) is 4.90 Å². The molecule has 2 rings (SSSR count). The molecule has 0 spiro atoms. The van der Waals surface area contributed by atoms with E-state index in [1.165, 1.54) is 19.3 Å². The first-order chi connectivity index (χ1) is 8.03. The number of nitrogens with one attached hydrogen (secondary N) is 1. The Morgan fingerprint density at radius 2 is 2.12 bits per heavy atom. The van der Waals surface area contributed by atoms with E-state index in [4.69, 9.17) is 5.73 Å². The standard InChI is InChI=1S/C13H20BrN3/c1-17(2)13(6-3-7-13)9-16-12-8-10(14)4-5-11(12)15/h4-5,8,16H,3,6-7,9,15H2,1-2H3. The Kier molecular flexibility index (Phi) is 3.64. The second-order valence-corrected chi connectivity index (χ2v) is 5.97. The predicted molar refractivity (Wildman–Crippen MR) is 77.3 cm³/mol. The highest BCUT2D eigenvalue weighted by Crippen LogP contribution is 2.36. The average molecular weight is 298 g/mol. The molecule has 1 saturated carbocycles. The molecule has 0 bridgehead atoms. The van der Waals surface area contributed by atoms with E-state index in [2.05, 4.69) is 40.2 Å². The van der Waals surface area contributed by atoms with Crippen LogP contribution in [0, 0.1) is 0 Å². The van der Waals surface area contributed by atoms with E-state index in [9.17, 15) is 0 Å². The minimum Gasteiger partial charge on any atom is -0.397 e.